The molecule has 0 aromatic heterocycles. The van der Waals surface area contributed by atoms with E-state index in [0.717, 1.165) is 0 Å². The van der Waals surface area contributed by atoms with Gasteiger partial charge >= 0.3 is 0 Å². The number of aliphatic hydroxyl groups is 1. The van der Waals surface area contributed by atoms with Crippen LogP contribution in [-0.4, -0.2) is 11.7 Å². The Morgan fingerprint density at radius 2 is 2.00 bits per heavy atom. The zero-order valence-electron chi connectivity index (χ0n) is 10.4. The third-order valence-corrected chi connectivity index (χ3v) is 3.38. The molecule has 0 aliphatic carbocycles. The molecule has 2 aromatic carbocycles. The van der Waals surface area contributed by atoms with Gasteiger partial charge in [0.25, 0.3) is 0 Å². The minimum Gasteiger partial charge on any atom is -0.493 e. The van der Waals surface area contributed by atoms with E-state index >= 15 is 0 Å². The third kappa shape index (κ3) is 3.14. The summed E-state index contributed by atoms with van der Waals surface area (Å²) in [7, 11) is 0. The van der Waals surface area contributed by atoms with Crippen molar-refractivity contribution in [1.82, 2.24) is 0 Å². The van der Waals surface area contributed by atoms with Gasteiger partial charge in [-0.15, -0.1) is 0 Å². The molecule has 2 nitrogen and oxygen atoms in total. The average molecular weight is 325 g/mol. The fourth-order valence-corrected chi connectivity index (χ4v) is 2.25. The highest BCUT2D eigenvalue weighted by Gasteiger charge is 2.16. The van der Waals surface area contributed by atoms with Gasteiger partial charge < -0.3 is 9.84 Å². The Morgan fingerprint density at radius 1 is 1.26 bits per heavy atom. The Labute approximate surface area is 120 Å². The molecule has 100 valence electrons. The molecule has 0 aliphatic heterocycles. The number of ether oxygens (including phenoxy) is 1. The average Bonchev–Trinajstić information content (AvgIpc) is 2.42. The van der Waals surface area contributed by atoms with Gasteiger partial charge in [0, 0.05) is 5.56 Å². The number of benzene rings is 2. The summed E-state index contributed by atoms with van der Waals surface area (Å²) in [6, 6.07) is 11.7. The molecule has 0 heterocycles. The maximum Gasteiger partial charge on any atom is 0.137 e. The Balaban J connectivity index is 2.37. The van der Waals surface area contributed by atoms with Crippen LogP contribution in [0.15, 0.2) is 46.9 Å². The number of hydrogen-bond donors (Lipinski definition) is 1. The summed E-state index contributed by atoms with van der Waals surface area (Å²) >= 11 is 3.12. The molecule has 1 unspecified atom stereocenters. The van der Waals surface area contributed by atoms with Crippen LogP contribution in [-0.2, 0) is 0 Å². The highest BCUT2D eigenvalue weighted by atomic mass is 79.9. The fraction of sp³-hybridized carbons (Fsp3) is 0.200. The molecule has 1 N–H and O–H groups in total. The first-order chi connectivity index (χ1) is 9.13. The van der Waals surface area contributed by atoms with Gasteiger partial charge in [0.2, 0.25) is 0 Å². The van der Waals surface area contributed by atoms with Crippen molar-refractivity contribution in [1.29, 1.82) is 0 Å². The third-order valence-electron chi connectivity index (χ3n) is 2.77. The van der Waals surface area contributed by atoms with E-state index in [4.69, 9.17) is 4.74 Å². The highest BCUT2D eigenvalue weighted by Crippen LogP contribution is 2.31. The predicted molar refractivity (Wildman–Crippen MR) is 75.8 cm³/mol. The molecular weight excluding hydrogens is 311 g/mol. The maximum atomic E-state index is 13.2. The van der Waals surface area contributed by atoms with Crippen LogP contribution in [0.1, 0.15) is 24.2 Å². The Kier molecular flexibility index (Phi) is 4.56. The topological polar surface area (TPSA) is 29.5 Å². The maximum absolute atomic E-state index is 13.2. The Morgan fingerprint density at radius 3 is 2.68 bits per heavy atom. The van der Waals surface area contributed by atoms with Crippen LogP contribution in [0.2, 0.25) is 0 Å². The first-order valence-corrected chi connectivity index (χ1v) is 6.77. The van der Waals surface area contributed by atoms with E-state index < -0.39 is 6.10 Å². The van der Waals surface area contributed by atoms with E-state index in [9.17, 15) is 9.50 Å². The lowest BCUT2D eigenvalue weighted by Gasteiger charge is -2.16. The first kappa shape index (κ1) is 14.0. The second-order valence-corrected chi connectivity index (χ2v) is 4.90. The number of rotatable bonds is 4. The molecule has 0 fully saturated rings. The molecule has 0 amide bonds. The Bertz CT molecular complexity index is 572. The zero-order chi connectivity index (χ0) is 13.8. The largest absolute Gasteiger partial charge is 0.493 e. The smallest absolute Gasteiger partial charge is 0.137 e. The number of halogens is 2. The van der Waals surface area contributed by atoms with Crippen molar-refractivity contribution in [2.24, 2.45) is 0 Å². The van der Waals surface area contributed by atoms with Crippen molar-refractivity contribution in [3.63, 3.8) is 0 Å². The van der Waals surface area contributed by atoms with Gasteiger partial charge in [0.1, 0.15) is 17.7 Å². The summed E-state index contributed by atoms with van der Waals surface area (Å²) in [5, 5.41) is 10.4. The second-order valence-electron chi connectivity index (χ2n) is 4.05. The zero-order valence-corrected chi connectivity index (χ0v) is 12.0. The van der Waals surface area contributed by atoms with Gasteiger partial charge in [-0.25, -0.2) is 4.39 Å². The lowest BCUT2D eigenvalue weighted by atomic mass is 10.0. The summed E-state index contributed by atoms with van der Waals surface area (Å²) in [5.41, 5.74) is 1.28. The fourth-order valence-electron chi connectivity index (χ4n) is 1.86. The number of hydrogen-bond acceptors (Lipinski definition) is 2. The minimum absolute atomic E-state index is 0.331. The quantitative estimate of drug-likeness (QED) is 0.918. The monoisotopic (exact) mass is 324 g/mol. The summed E-state index contributed by atoms with van der Waals surface area (Å²) in [5.74, 6) is 0.284. The van der Waals surface area contributed by atoms with Crippen LogP contribution >= 0.6 is 15.9 Å². The van der Waals surface area contributed by atoms with Gasteiger partial charge in [-0.3, -0.25) is 0 Å². The molecule has 0 saturated carbocycles. The summed E-state index contributed by atoms with van der Waals surface area (Å²) in [6.45, 7) is 2.41. The van der Waals surface area contributed by atoms with Crippen LogP contribution < -0.4 is 4.74 Å². The summed E-state index contributed by atoms with van der Waals surface area (Å²) < 4.78 is 19.0. The van der Waals surface area contributed by atoms with E-state index in [1.165, 1.54) is 6.07 Å². The van der Waals surface area contributed by atoms with Crippen molar-refractivity contribution < 1.29 is 14.2 Å². The van der Waals surface area contributed by atoms with Crippen molar-refractivity contribution in [3.8, 4) is 5.75 Å². The second kappa shape index (κ2) is 6.17. The van der Waals surface area contributed by atoms with Gasteiger partial charge in [0.05, 0.1) is 11.1 Å². The first-order valence-electron chi connectivity index (χ1n) is 5.98. The molecule has 0 bridgehead atoms. The van der Waals surface area contributed by atoms with E-state index in [-0.39, 0.29) is 5.82 Å². The van der Waals surface area contributed by atoms with Crippen LogP contribution in [0.3, 0.4) is 0 Å². The molecule has 2 rings (SSSR count). The molecule has 4 heteroatoms. The SMILES string of the molecule is CCOc1ccccc1C(O)c1ccc(F)c(Br)c1. The van der Waals surface area contributed by atoms with Crippen molar-refractivity contribution in [2.75, 3.05) is 6.61 Å². The normalized spacial score (nSPS) is 12.2. The Hall–Kier alpha value is -1.39. The molecule has 2 aromatic rings. The number of para-hydroxylation sites is 1. The highest BCUT2D eigenvalue weighted by molar-refractivity contribution is 9.10. The standard InChI is InChI=1S/C15H14BrFO2/c1-2-19-14-6-4-3-5-11(14)15(18)10-7-8-13(17)12(16)9-10/h3-9,15,18H,2H2,1H3. The van der Waals surface area contributed by atoms with Gasteiger partial charge in [-0.2, -0.15) is 0 Å². The van der Waals surface area contributed by atoms with E-state index in [1.807, 2.05) is 19.1 Å². The van der Waals surface area contributed by atoms with Crippen molar-refractivity contribution in [3.05, 3.63) is 63.9 Å². The minimum atomic E-state index is -0.848. The van der Waals surface area contributed by atoms with Crippen LogP contribution in [0.5, 0.6) is 5.75 Å². The molecule has 19 heavy (non-hydrogen) atoms. The lowest BCUT2D eigenvalue weighted by Crippen LogP contribution is -2.04. The van der Waals surface area contributed by atoms with E-state index in [2.05, 4.69) is 15.9 Å². The summed E-state index contributed by atoms with van der Waals surface area (Å²) in [6.07, 6.45) is -0.848. The van der Waals surface area contributed by atoms with Gasteiger partial charge in [-0.05, 0) is 46.6 Å². The molecule has 0 spiro atoms. The lowest BCUT2D eigenvalue weighted by molar-refractivity contribution is 0.212. The molecule has 0 radical (unpaired) electrons. The number of aliphatic hydroxyl groups excluding tert-OH is 1. The van der Waals surface area contributed by atoms with E-state index in [1.54, 1.807) is 24.3 Å². The molecule has 0 aliphatic rings. The molecule has 0 saturated heterocycles. The van der Waals surface area contributed by atoms with Crippen molar-refractivity contribution >= 4 is 15.9 Å². The molecule has 1 atom stereocenters. The van der Waals surface area contributed by atoms with E-state index in [0.29, 0.717) is 28.0 Å². The summed E-state index contributed by atoms with van der Waals surface area (Å²) in [4.78, 5) is 0. The van der Waals surface area contributed by atoms with Gasteiger partial charge in [0.15, 0.2) is 0 Å². The molecular formula is C15H14BrFO2. The van der Waals surface area contributed by atoms with Crippen LogP contribution in [0.25, 0.3) is 0 Å². The van der Waals surface area contributed by atoms with Crippen LogP contribution in [0, 0.1) is 5.82 Å². The van der Waals surface area contributed by atoms with Crippen LogP contribution in [0.4, 0.5) is 4.39 Å². The van der Waals surface area contributed by atoms with Crippen molar-refractivity contribution in [2.45, 2.75) is 13.0 Å². The van der Waals surface area contributed by atoms with Gasteiger partial charge in [-0.1, -0.05) is 24.3 Å². The predicted octanol–water partition coefficient (Wildman–Crippen LogP) is 4.07.